The van der Waals surface area contributed by atoms with Gasteiger partial charge in [-0.25, -0.2) is 9.59 Å². The van der Waals surface area contributed by atoms with Crippen LogP contribution in [0.5, 0.6) is 0 Å². The lowest BCUT2D eigenvalue weighted by atomic mass is 9.53. The third-order valence-corrected chi connectivity index (χ3v) is 7.41. The van der Waals surface area contributed by atoms with E-state index in [4.69, 9.17) is 9.47 Å². The number of aliphatic hydroxyl groups excluding tert-OH is 1. The smallest absolute Gasteiger partial charge is 0.331 e. The molecule has 6 atom stereocenters. The topological polar surface area (TPSA) is 89.9 Å². The van der Waals surface area contributed by atoms with Gasteiger partial charge < -0.3 is 14.6 Å². The fraction of sp³-hybridized carbons (Fsp3) is 0.667. The lowest BCUT2D eigenvalue weighted by Gasteiger charge is -2.53. The van der Waals surface area contributed by atoms with Crippen molar-refractivity contribution in [2.75, 3.05) is 0 Å². The van der Waals surface area contributed by atoms with E-state index in [1.165, 1.54) is 12.2 Å². The molecular formula is C27H40O6. The fourth-order valence-electron chi connectivity index (χ4n) is 5.08. The molecule has 6 heteroatoms. The van der Waals surface area contributed by atoms with Crippen molar-refractivity contribution in [1.29, 1.82) is 0 Å². The Bertz CT molecular complexity index is 818. The molecule has 2 saturated carbocycles. The maximum atomic E-state index is 12.6. The Balaban J connectivity index is 2.03. The standard InChI is InChI=1S/C27H40O6/c1-7-9-10-11-23(28)32-19(8-2)12-15-24(29)33-22-14-13-21-26(31)25(30)20(17(3)4)16-27(21,6)18(22)5/h10-12,15,18-19,21-22,26,31H,7-9,13-14,16H2,1-6H3/b11-10-,15-12-/t18-,19-,21-,22+,26-,27+/m0/s1. The summed E-state index contributed by atoms with van der Waals surface area (Å²) in [6.07, 6.45) is 8.43. The van der Waals surface area contributed by atoms with Crippen LogP contribution in [0.3, 0.4) is 0 Å². The third kappa shape index (κ3) is 6.44. The number of fused-ring (bicyclic) bond motifs is 1. The Morgan fingerprint density at radius 2 is 1.88 bits per heavy atom. The number of allylic oxidation sites excluding steroid dienone is 2. The summed E-state index contributed by atoms with van der Waals surface area (Å²) in [4.78, 5) is 37.0. The van der Waals surface area contributed by atoms with Gasteiger partial charge in [-0.2, -0.15) is 0 Å². The van der Waals surface area contributed by atoms with Crippen molar-refractivity contribution >= 4 is 17.7 Å². The number of esters is 2. The molecule has 2 rings (SSSR count). The maximum Gasteiger partial charge on any atom is 0.331 e. The first-order valence-corrected chi connectivity index (χ1v) is 12.2. The van der Waals surface area contributed by atoms with Gasteiger partial charge in [0.15, 0.2) is 5.78 Å². The number of Topliss-reactive ketones (excluding diaryl/α,β-unsaturated/α-hetero) is 1. The van der Waals surface area contributed by atoms with Gasteiger partial charge >= 0.3 is 11.9 Å². The molecule has 2 aliphatic rings. The molecule has 0 heterocycles. The van der Waals surface area contributed by atoms with Crippen LogP contribution in [0.15, 0.2) is 35.5 Å². The Morgan fingerprint density at radius 3 is 2.48 bits per heavy atom. The molecule has 2 aliphatic carbocycles. The van der Waals surface area contributed by atoms with Crippen LogP contribution < -0.4 is 0 Å². The fourth-order valence-corrected chi connectivity index (χ4v) is 5.08. The SMILES string of the molecule is CCC/C=C\C(=O)O[C@H](/C=C\C(=O)O[C@@H]1CC[C@H]2[C@H](O)C(=O)C(=C(C)C)C[C@]2(C)[C@H]1C)CC. The number of ether oxygens (including phenoxy) is 2. The molecule has 0 amide bonds. The molecule has 2 fully saturated rings. The highest BCUT2D eigenvalue weighted by Gasteiger charge is 2.55. The van der Waals surface area contributed by atoms with Crippen molar-refractivity contribution < 1.29 is 29.0 Å². The van der Waals surface area contributed by atoms with E-state index in [1.54, 1.807) is 12.2 Å². The quantitative estimate of drug-likeness (QED) is 0.411. The summed E-state index contributed by atoms with van der Waals surface area (Å²) in [5.74, 6) is -1.21. The number of aliphatic hydroxyl groups is 1. The number of carbonyl (C=O) groups excluding carboxylic acids is 3. The van der Waals surface area contributed by atoms with Crippen LogP contribution in [0, 0.1) is 17.3 Å². The predicted octanol–water partition coefficient (Wildman–Crippen LogP) is 4.86. The number of ketones is 1. The summed E-state index contributed by atoms with van der Waals surface area (Å²) in [6.45, 7) is 11.8. The molecule has 1 N–H and O–H groups in total. The van der Waals surface area contributed by atoms with Crippen molar-refractivity contribution in [3.05, 3.63) is 35.5 Å². The van der Waals surface area contributed by atoms with Crippen LogP contribution in [0.4, 0.5) is 0 Å². The van der Waals surface area contributed by atoms with Crippen LogP contribution in [0.25, 0.3) is 0 Å². The van der Waals surface area contributed by atoms with Gasteiger partial charge in [0.25, 0.3) is 0 Å². The normalized spacial score (nSPS) is 30.9. The average Bonchev–Trinajstić information content (AvgIpc) is 2.76. The molecule has 0 aromatic rings. The molecule has 0 aliphatic heterocycles. The number of hydrogen-bond donors (Lipinski definition) is 1. The first-order valence-electron chi connectivity index (χ1n) is 12.2. The maximum absolute atomic E-state index is 12.6. The highest BCUT2D eigenvalue weighted by atomic mass is 16.5. The van der Waals surface area contributed by atoms with E-state index in [0.717, 1.165) is 18.4 Å². The molecule has 184 valence electrons. The predicted molar refractivity (Wildman–Crippen MR) is 127 cm³/mol. The van der Waals surface area contributed by atoms with Crippen molar-refractivity contribution in [2.45, 2.75) is 98.4 Å². The van der Waals surface area contributed by atoms with Crippen molar-refractivity contribution in [3.63, 3.8) is 0 Å². The number of rotatable bonds is 8. The van der Waals surface area contributed by atoms with Crippen LogP contribution in [-0.2, 0) is 23.9 Å². The van der Waals surface area contributed by atoms with Gasteiger partial charge in [-0.1, -0.05) is 45.8 Å². The van der Waals surface area contributed by atoms with Gasteiger partial charge in [0.1, 0.15) is 18.3 Å². The van der Waals surface area contributed by atoms with E-state index in [0.29, 0.717) is 31.3 Å². The summed E-state index contributed by atoms with van der Waals surface area (Å²) < 4.78 is 11.2. The number of hydrogen-bond acceptors (Lipinski definition) is 6. The number of unbranched alkanes of at least 4 members (excludes halogenated alkanes) is 1. The number of carbonyl (C=O) groups is 3. The molecule has 0 saturated heterocycles. The molecule has 0 bridgehead atoms. The second-order valence-electron chi connectivity index (χ2n) is 9.85. The summed E-state index contributed by atoms with van der Waals surface area (Å²) in [5, 5.41) is 10.7. The lowest BCUT2D eigenvalue weighted by molar-refractivity contribution is -0.164. The van der Waals surface area contributed by atoms with Crippen molar-refractivity contribution in [3.8, 4) is 0 Å². The van der Waals surface area contributed by atoms with Gasteiger partial charge in [-0.15, -0.1) is 0 Å². The highest BCUT2D eigenvalue weighted by molar-refractivity contribution is 6.00. The van der Waals surface area contributed by atoms with Gasteiger partial charge in [-0.05, 0) is 74.9 Å². The van der Waals surface area contributed by atoms with Crippen LogP contribution in [0.2, 0.25) is 0 Å². The summed E-state index contributed by atoms with van der Waals surface area (Å²) >= 11 is 0. The zero-order valence-corrected chi connectivity index (χ0v) is 20.9. The van der Waals surface area contributed by atoms with Gasteiger partial charge in [0.05, 0.1) is 0 Å². The monoisotopic (exact) mass is 460 g/mol. The average molecular weight is 461 g/mol. The Kier molecular flexibility index (Phi) is 9.65. The zero-order valence-electron chi connectivity index (χ0n) is 20.9. The van der Waals surface area contributed by atoms with Crippen molar-refractivity contribution in [2.24, 2.45) is 17.3 Å². The minimum atomic E-state index is -1.00. The van der Waals surface area contributed by atoms with Crippen LogP contribution >= 0.6 is 0 Å². The lowest BCUT2D eigenvalue weighted by Crippen LogP contribution is -2.55. The molecular weight excluding hydrogens is 420 g/mol. The molecule has 0 radical (unpaired) electrons. The molecule has 0 spiro atoms. The van der Waals surface area contributed by atoms with E-state index in [-0.39, 0.29) is 29.1 Å². The Hall–Kier alpha value is -2.21. The van der Waals surface area contributed by atoms with Gasteiger partial charge in [0, 0.05) is 12.2 Å². The van der Waals surface area contributed by atoms with Gasteiger partial charge in [-0.3, -0.25) is 4.79 Å². The Labute approximate surface area is 198 Å². The largest absolute Gasteiger partial charge is 0.459 e. The second kappa shape index (κ2) is 11.8. The summed E-state index contributed by atoms with van der Waals surface area (Å²) in [6, 6.07) is 0. The molecule has 0 unspecified atom stereocenters. The van der Waals surface area contributed by atoms with E-state index < -0.39 is 24.1 Å². The zero-order chi connectivity index (χ0) is 24.8. The highest BCUT2D eigenvalue weighted by Crippen LogP contribution is 2.54. The van der Waals surface area contributed by atoms with Crippen molar-refractivity contribution in [1.82, 2.24) is 0 Å². The molecule has 33 heavy (non-hydrogen) atoms. The summed E-state index contributed by atoms with van der Waals surface area (Å²) in [7, 11) is 0. The second-order valence-corrected chi connectivity index (χ2v) is 9.85. The van der Waals surface area contributed by atoms with Crippen LogP contribution in [0.1, 0.15) is 80.1 Å². The third-order valence-electron chi connectivity index (χ3n) is 7.41. The van der Waals surface area contributed by atoms with Gasteiger partial charge in [0.2, 0.25) is 0 Å². The van der Waals surface area contributed by atoms with E-state index in [2.05, 4.69) is 6.92 Å². The van der Waals surface area contributed by atoms with E-state index in [1.807, 2.05) is 34.6 Å². The molecule has 0 aromatic carbocycles. The minimum absolute atomic E-state index is 0.0193. The first-order chi connectivity index (χ1) is 15.5. The molecule has 6 nitrogen and oxygen atoms in total. The first kappa shape index (κ1) is 27.0. The van der Waals surface area contributed by atoms with Crippen LogP contribution in [-0.4, -0.2) is 41.1 Å². The summed E-state index contributed by atoms with van der Waals surface area (Å²) in [5.41, 5.74) is 1.29. The van der Waals surface area contributed by atoms with E-state index >= 15 is 0 Å². The Morgan fingerprint density at radius 1 is 1.18 bits per heavy atom. The molecule has 0 aromatic heterocycles. The minimum Gasteiger partial charge on any atom is -0.459 e. The van der Waals surface area contributed by atoms with E-state index in [9.17, 15) is 19.5 Å².